The number of amides is 1. The number of nitriles is 1. The van der Waals surface area contributed by atoms with Crippen LogP contribution in [0.3, 0.4) is 0 Å². The summed E-state index contributed by atoms with van der Waals surface area (Å²) in [5.74, 6) is -0.0980. The van der Waals surface area contributed by atoms with E-state index in [1.54, 1.807) is 0 Å². The van der Waals surface area contributed by atoms with Crippen LogP contribution in [0.5, 0.6) is 0 Å². The second-order valence-electron chi connectivity index (χ2n) is 7.67. The molecule has 3 rings (SSSR count). The molecule has 2 aromatic rings. The SMILES string of the molecule is CCCc1ccc(-c2csc(NC(=O)CN(CCC#N)CCN3CCOCC3)n2)cc1. The van der Waals surface area contributed by atoms with Crippen molar-refractivity contribution in [3.05, 3.63) is 35.2 Å². The van der Waals surface area contributed by atoms with E-state index in [1.807, 2.05) is 10.3 Å². The zero-order valence-corrected chi connectivity index (χ0v) is 19.0. The van der Waals surface area contributed by atoms with Crippen LogP contribution in [0, 0.1) is 11.3 Å². The maximum atomic E-state index is 12.6. The molecule has 0 bridgehead atoms. The number of nitrogens with zero attached hydrogens (tertiary/aromatic N) is 4. The highest BCUT2D eigenvalue weighted by Crippen LogP contribution is 2.25. The maximum Gasteiger partial charge on any atom is 0.240 e. The van der Waals surface area contributed by atoms with E-state index in [-0.39, 0.29) is 12.5 Å². The molecule has 1 saturated heterocycles. The van der Waals surface area contributed by atoms with Crippen molar-refractivity contribution >= 4 is 22.4 Å². The Morgan fingerprint density at radius 1 is 1.29 bits per heavy atom. The third-order valence-electron chi connectivity index (χ3n) is 5.28. The number of aryl methyl sites for hydroxylation is 1. The third-order valence-corrected chi connectivity index (χ3v) is 6.04. The van der Waals surface area contributed by atoms with Crippen molar-refractivity contribution in [1.29, 1.82) is 5.26 Å². The number of anilines is 1. The second kappa shape index (κ2) is 12.5. The first-order valence-electron chi connectivity index (χ1n) is 10.9. The van der Waals surface area contributed by atoms with Crippen molar-refractivity contribution in [3.8, 4) is 17.3 Å². The fourth-order valence-corrected chi connectivity index (χ4v) is 4.28. The second-order valence-corrected chi connectivity index (χ2v) is 8.53. The summed E-state index contributed by atoms with van der Waals surface area (Å²) in [4.78, 5) is 21.5. The molecule has 0 spiro atoms. The van der Waals surface area contributed by atoms with Gasteiger partial charge in [0.1, 0.15) is 0 Å². The number of hydrogen-bond acceptors (Lipinski definition) is 7. The average molecular weight is 442 g/mol. The quantitative estimate of drug-likeness (QED) is 0.577. The summed E-state index contributed by atoms with van der Waals surface area (Å²) in [6, 6.07) is 10.6. The van der Waals surface area contributed by atoms with Crippen LogP contribution in [-0.4, -0.2) is 73.2 Å². The maximum absolute atomic E-state index is 12.6. The van der Waals surface area contributed by atoms with Crippen molar-refractivity contribution in [2.24, 2.45) is 0 Å². The predicted molar refractivity (Wildman–Crippen MR) is 124 cm³/mol. The molecule has 1 aromatic heterocycles. The molecule has 0 atom stereocenters. The number of ether oxygens (including phenoxy) is 1. The van der Waals surface area contributed by atoms with Crippen LogP contribution in [0.2, 0.25) is 0 Å². The van der Waals surface area contributed by atoms with E-state index >= 15 is 0 Å². The van der Waals surface area contributed by atoms with E-state index in [0.29, 0.717) is 18.1 Å². The van der Waals surface area contributed by atoms with Gasteiger partial charge in [-0.05, 0) is 12.0 Å². The summed E-state index contributed by atoms with van der Waals surface area (Å²) < 4.78 is 5.38. The van der Waals surface area contributed by atoms with Crippen LogP contribution in [-0.2, 0) is 16.0 Å². The molecular weight excluding hydrogens is 410 g/mol. The standard InChI is InChI=1S/C23H31N5O2S/c1-2-4-19-5-7-20(8-6-19)21-18-31-23(25-21)26-22(29)17-28(10-3-9-24)12-11-27-13-15-30-16-14-27/h5-8,18H,2-4,10-17H2,1H3,(H,25,26,29). The van der Waals surface area contributed by atoms with Crippen molar-refractivity contribution in [2.75, 3.05) is 57.8 Å². The molecule has 166 valence electrons. The van der Waals surface area contributed by atoms with Gasteiger partial charge in [-0.25, -0.2) is 4.98 Å². The molecular formula is C23H31N5O2S. The summed E-state index contributed by atoms with van der Waals surface area (Å²) in [5.41, 5.74) is 3.25. The monoisotopic (exact) mass is 441 g/mol. The minimum atomic E-state index is -0.0980. The number of carbonyl (C=O) groups is 1. The van der Waals surface area contributed by atoms with Gasteiger partial charge in [-0.15, -0.1) is 11.3 Å². The van der Waals surface area contributed by atoms with Gasteiger partial charge in [0.25, 0.3) is 0 Å². The Labute approximate surface area is 188 Å². The van der Waals surface area contributed by atoms with Gasteiger partial charge in [-0.1, -0.05) is 37.6 Å². The third kappa shape index (κ3) is 7.71. The van der Waals surface area contributed by atoms with Gasteiger partial charge in [0, 0.05) is 50.1 Å². The highest BCUT2D eigenvalue weighted by molar-refractivity contribution is 7.14. The molecule has 0 saturated carbocycles. The molecule has 1 fully saturated rings. The molecule has 0 aliphatic carbocycles. The van der Waals surface area contributed by atoms with E-state index < -0.39 is 0 Å². The van der Waals surface area contributed by atoms with Crippen LogP contribution in [0.25, 0.3) is 11.3 Å². The zero-order valence-electron chi connectivity index (χ0n) is 18.2. The number of nitrogens with one attached hydrogen (secondary N) is 1. The Balaban J connectivity index is 1.52. The van der Waals surface area contributed by atoms with Crippen LogP contribution >= 0.6 is 11.3 Å². The van der Waals surface area contributed by atoms with E-state index in [4.69, 9.17) is 10.00 Å². The first-order valence-corrected chi connectivity index (χ1v) is 11.8. The van der Waals surface area contributed by atoms with Crippen molar-refractivity contribution in [2.45, 2.75) is 26.2 Å². The van der Waals surface area contributed by atoms with E-state index in [0.717, 1.165) is 63.5 Å². The van der Waals surface area contributed by atoms with E-state index in [1.165, 1.54) is 16.9 Å². The topological polar surface area (TPSA) is 81.5 Å². The molecule has 1 aromatic carbocycles. The highest BCUT2D eigenvalue weighted by Gasteiger charge is 2.16. The van der Waals surface area contributed by atoms with Gasteiger partial charge >= 0.3 is 0 Å². The lowest BCUT2D eigenvalue weighted by Gasteiger charge is -2.29. The lowest BCUT2D eigenvalue weighted by atomic mass is 10.1. The van der Waals surface area contributed by atoms with E-state index in [9.17, 15) is 4.79 Å². The lowest BCUT2D eigenvalue weighted by molar-refractivity contribution is -0.117. The van der Waals surface area contributed by atoms with Crippen molar-refractivity contribution < 1.29 is 9.53 Å². The van der Waals surface area contributed by atoms with Gasteiger partial charge in [0.15, 0.2) is 5.13 Å². The fourth-order valence-electron chi connectivity index (χ4n) is 3.54. The van der Waals surface area contributed by atoms with Gasteiger partial charge in [0.2, 0.25) is 5.91 Å². The number of hydrogen-bond donors (Lipinski definition) is 1. The van der Waals surface area contributed by atoms with Gasteiger partial charge in [-0.3, -0.25) is 14.6 Å². The number of rotatable bonds is 11. The summed E-state index contributed by atoms with van der Waals surface area (Å²) in [5, 5.41) is 14.4. The van der Waals surface area contributed by atoms with Gasteiger partial charge in [-0.2, -0.15) is 5.26 Å². The summed E-state index contributed by atoms with van der Waals surface area (Å²) >= 11 is 1.43. The summed E-state index contributed by atoms with van der Waals surface area (Å²) in [6.07, 6.45) is 2.61. The average Bonchev–Trinajstić information content (AvgIpc) is 3.25. The Morgan fingerprint density at radius 2 is 2.06 bits per heavy atom. The number of carbonyl (C=O) groups excluding carboxylic acids is 1. The molecule has 0 radical (unpaired) electrons. The largest absolute Gasteiger partial charge is 0.379 e. The molecule has 1 aliphatic rings. The molecule has 1 N–H and O–H groups in total. The molecule has 7 nitrogen and oxygen atoms in total. The number of benzene rings is 1. The van der Waals surface area contributed by atoms with Crippen LogP contribution in [0.15, 0.2) is 29.6 Å². The number of morpholine rings is 1. The molecule has 1 aliphatic heterocycles. The fraction of sp³-hybridized carbons (Fsp3) is 0.522. The van der Waals surface area contributed by atoms with Crippen molar-refractivity contribution in [3.63, 3.8) is 0 Å². The highest BCUT2D eigenvalue weighted by atomic mass is 32.1. The molecule has 2 heterocycles. The van der Waals surface area contributed by atoms with Crippen molar-refractivity contribution in [1.82, 2.24) is 14.8 Å². The minimum absolute atomic E-state index is 0.0980. The Bertz CT molecular complexity index is 856. The Morgan fingerprint density at radius 3 is 2.77 bits per heavy atom. The Hall–Kier alpha value is -2.31. The van der Waals surface area contributed by atoms with Crippen LogP contribution in [0.1, 0.15) is 25.3 Å². The Kier molecular flexibility index (Phi) is 9.43. The van der Waals surface area contributed by atoms with Gasteiger partial charge < -0.3 is 10.1 Å². The summed E-state index contributed by atoms with van der Waals surface area (Å²) in [6.45, 7) is 7.99. The first kappa shape index (κ1) is 23.4. The van der Waals surface area contributed by atoms with Crippen LogP contribution in [0.4, 0.5) is 5.13 Å². The number of thiazole rings is 1. The molecule has 1 amide bonds. The zero-order chi connectivity index (χ0) is 21.9. The summed E-state index contributed by atoms with van der Waals surface area (Å²) in [7, 11) is 0. The first-order chi connectivity index (χ1) is 15.2. The molecule has 8 heteroatoms. The molecule has 0 unspecified atom stereocenters. The predicted octanol–water partition coefficient (Wildman–Crippen LogP) is 3.25. The number of aromatic nitrogens is 1. The van der Waals surface area contributed by atoms with Gasteiger partial charge in [0.05, 0.1) is 31.5 Å². The normalized spacial score (nSPS) is 14.5. The van der Waals surface area contributed by atoms with Crippen LogP contribution < -0.4 is 5.32 Å². The van der Waals surface area contributed by atoms with E-state index in [2.05, 4.69) is 52.5 Å². The smallest absolute Gasteiger partial charge is 0.240 e. The molecule has 31 heavy (non-hydrogen) atoms. The minimum Gasteiger partial charge on any atom is -0.379 e. The lowest BCUT2D eigenvalue weighted by Crippen LogP contribution is -2.43.